The Bertz CT molecular complexity index is 254. The van der Waals surface area contributed by atoms with Crippen molar-refractivity contribution in [2.24, 2.45) is 21.1 Å². The van der Waals surface area contributed by atoms with Crippen LogP contribution in [-0.2, 0) is 0 Å². The minimum atomic E-state index is 0.575. The molecular weight excluding hydrogens is 194 g/mol. The summed E-state index contributed by atoms with van der Waals surface area (Å²) >= 11 is 1.41. The smallest absolute Gasteiger partial charge is 0.0872 e. The van der Waals surface area contributed by atoms with Gasteiger partial charge in [-0.2, -0.15) is 10.2 Å². The van der Waals surface area contributed by atoms with Gasteiger partial charge in [-0.25, -0.2) is 0 Å². The average Bonchev–Trinajstić information content (AvgIpc) is 2.14. The Morgan fingerprint density at radius 1 is 1.50 bits per heavy atom. The van der Waals surface area contributed by atoms with Crippen LogP contribution in [0.1, 0.15) is 20.8 Å². The van der Waals surface area contributed by atoms with Crippen molar-refractivity contribution in [1.29, 1.82) is 0 Å². The summed E-state index contributed by atoms with van der Waals surface area (Å²) < 4.78 is 0. The molecule has 0 aromatic heterocycles. The Hall–Kier alpha value is -0.900. The molecule has 0 rings (SSSR count). The highest BCUT2D eigenvalue weighted by Crippen LogP contribution is 2.12. The monoisotopic (exact) mass is 211 g/mol. The van der Waals surface area contributed by atoms with Crippen LogP contribution in [-0.4, -0.2) is 24.5 Å². The first-order chi connectivity index (χ1) is 6.57. The highest BCUT2D eigenvalue weighted by atomic mass is 32.2. The third-order valence-electron chi connectivity index (χ3n) is 1.42. The summed E-state index contributed by atoms with van der Waals surface area (Å²) in [6.45, 7) is 14.2. The Morgan fingerprint density at radius 3 is 2.64 bits per heavy atom. The highest BCUT2D eigenvalue weighted by Gasteiger charge is 1.98. The quantitative estimate of drug-likeness (QED) is 0.378. The molecule has 0 bridgehead atoms. The number of nitrogens with zero attached hydrogens (tertiary/aromatic N) is 3. The first-order valence-corrected chi connectivity index (χ1v) is 5.30. The van der Waals surface area contributed by atoms with E-state index >= 15 is 0 Å². The van der Waals surface area contributed by atoms with E-state index in [1.165, 1.54) is 11.8 Å². The van der Waals surface area contributed by atoms with E-state index in [0.29, 0.717) is 5.92 Å². The fourth-order valence-electron chi connectivity index (χ4n) is 0.613. The molecule has 0 unspecified atom stereocenters. The molecule has 0 aliphatic carbocycles. The number of hydrogen-bond donors (Lipinski definition) is 0. The van der Waals surface area contributed by atoms with Crippen molar-refractivity contribution in [1.82, 2.24) is 0 Å². The van der Waals surface area contributed by atoms with E-state index in [1.54, 1.807) is 5.55 Å². The van der Waals surface area contributed by atoms with Gasteiger partial charge >= 0.3 is 0 Å². The lowest BCUT2D eigenvalue weighted by Crippen LogP contribution is -1.99. The van der Waals surface area contributed by atoms with Crippen molar-refractivity contribution >= 4 is 29.7 Å². The fraction of sp³-hybridized carbons (Fsp3) is 0.500. The van der Waals surface area contributed by atoms with Crippen LogP contribution in [0, 0.1) is 5.92 Å². The van der Waals surface area contributed by atoms with E-state index in [9.17, 15) is 0 Å². The third-order valence-corrected chi connectivity index (χ3v) is 2.20. The van der Waals surface area contributed by atoms with Gasteiger partial charge in [0.1, 0.15) is 0 Å². The van der Waals surface area contributed by atoms with Crippen LogP contribution in [0.15, 0.2) is 26.7 Å². The Morgan fingerprint density at radius 2 is 2.14 bits per heavy atom. The van der Waals surface area contributed by atoms with E-state index in [0.717, 1.165) is 17.2 Å². The number of hydrogen-bond acceptors (Lipinski definition) is 4. The second kappa shape index (κ2) is 7.50. The summed E-state index contributed by atoms with van der Waals surface area (Å²) in [5.74, 6) is 0.575. The molecule has 0 aliphatic rings. The molecular formula is C10H17N3S. The second-order valence-corrected chi connectivity index (χ2v) is 4.16. The largest absolute Gasteiger partial charge is 0.289 e. The minimum Gasteiger partial charge on any atom is -0.289 e. The van der Waals surface area contributed by atoms with Crippen LogP contribution in [0.2, 0.25) is 0 Å². The molecule has 3 nitrogen and oxygen atoms in total. The van der Waals surface area contributed by atoms with Gasteiger partial charge < -0.3 is 0 Å². The maximum absolute atomic E-state index is 4.39. The van der Waals surface area contributed by atoms with Crippen LogP contribution < -0.4 is 0 Å². The predicted molar refractivity (Wildman–Crippen MR) is 67.6 cm³/mol. The number of rotatable bonds is 6. The second-order valence-electron chi connectivity index (χ2n) is 3.22. The predicted octanol–water partition coefficient (Wildman–Crippen LogP) is 2.99. The van der Waals surface area contributed by atoms with Crippen molar-refractivity contribution < 1.29 is 0 Å². The van der Waals surface area contributed by atoms with Gasteiger partial charge in [0.2, 0.25) is 0 Å². The zero-order chi connectivity index (χ0) is 11.0. The summed E-state index contributed by atoms with van der Waals surface area (Å²) in [6, 6.07) is 0. The maximum Gasteiger partial charge on any atom is 0.0872 e. The van der Waals surface area contributed by atoms with Gasteiger partial charge in [0.25, 0.3) is 0 Å². The van der Waals surface area contributed by atoms with Gasteiger partial charge in [0.05, 0.1) is 5.55 Å². The topological polar surface area (TPSA) is 37.1 Å². The molecule has 0 amide bonds. The van der Waals surface area contributed by atoms with Crippen molar-refractivity contribution in [3.8, 4) is 0 Å². The zero-order valence-corrected chi connectivity index (χ0v) is 9.84. The SMILES string of the molecule is C=N/N=C\SC(=C)C(C)=NCC(C)C. The van der Waals surface area contributed by atoms with E-state index in [-0.39, 0.29) is 0 Å². The molecule has 0 saturated carbocycles. The van der Waals surface area contributed by atoms with E-state index in [4.69, 9.17) is 0 Å². The van der Waals surface area contributed by atoms with Crippen LogP contribution >= 0.6 is 11.8 Å². The molecule has 0 aliphatic heterocycles. The van der Waals surface area contributed by atoms with Crippen LogP contribution in [0.3, 0.4) is 0 Å². The van der Waals surface area contributed by atoms with Crippen LogP contribution in [0.5, 0.6) is 0 Å². The molecule has 0 spiro atoms. The molecule has 0 aromatic carbocycles. The summed E-state index contributed by atoms with van der Waals surface area (Å²) in [5.41, 5.74) is 2.56. The van der Waals surface area contributed by atoms with Gasteiger partial charge in [-0.3, -0.25) is 4.99 Å². The normalized spacial score (nSPS) is 12.4. The van der Waals surface area contributed by atoms with Crippen LogP contribution in [0.4, 0.5) is 0 Å². The molecule has 0 radical (unpaired) electrons. The molecule has 0 heterocycles. The van der Waals surface area contributed by atoms with E-state index in [2.05, 4.69) is 42.3 Å². The average molecular weight is 211 g/mol. The molecule has 0 atom stereocenters. The molecule has 0 aromatic rings. The number of thioether (sulfide) groups is 1. The van der Waals surface area contributed by atoms with Crippen LogP contribution in [0.25, 0.3) is 0 Å². The fourth-order valence-corrected chi connectivity index (χ4v) is 1.09. The van der Waals surface area contributed by atoms with Crippen molar-refractivity contribution in [3.63, 3.8) is 0 Å². The molecule has 0 saturated heterocycles. The minimum absolute atomic E-state index is 0.575. The number of allylic oxidation sites excluding steroid dienone is 1. The summed E-state index contributed by atoms with van der Waals surface area (Å²) in [6.07, 6.45) is 0. The zero-order valence-electron chi connectivity index (χ0n) is 9.03. The lowest BCUT2D eigenvalue weighted by atomic mass is 10.2. The van der Waals surface area contributed by atoms with Gasteiger partial charge in [0, 0.05) is 23.9 Å². The molecule has 4 heteroatoms. The summed E-state index contributed by atoms with van der Waals surface area (Å²) in [7, 11) is 0. The first kappa shape index (κ1) is 13.1. The number of aliphatic imine (C=N–C) groups is 1. The standard InChI is InChI=1S/C10H17N3S/c1-8(2)6-12-9(3)10(4)14-7-13-11-5/h7-8H,4-6H2,1-3H3/b12-9?,13-7-. The molecule has 0 N–H and O–H groups in total. The Kier molecular flexibility index (Phi) is 7.02. The Labute approximate surface area is 90.1 Å². The van der Waals surface area contributed by atoms with Gasteiger partial charge in [-0.1, -0.05) is 32.2 Å². The highest BCUT2D eigenvalue weighted by molar-refractivity contribution is 8.16. The van der Waals surface area contributed by atoms with Gasteiger partial charge in [0.15, 0.2) is 0 Å². The first-order valence-electron chi connectivity index (χ1n) is 4.42. The van der Waals surface area contributed by atoms with Crippen molar-refractivity contribution in [2.75, 3.05) is 6.54 Å². The van der Waals surface area contributed by atoms with Gasteiger partial charge in [-0.15, -0.1) is 0 Å². The maximum atomic E-state index is 4.39. The lowest BCUT2D eigenvalue weighted by Gasteiger charge is -2.03. The molecule has 78 valence electrons. The Balaban J connectivity index is 4.04. The third kappa shape index (κ3) is 6.60. The molecule has 14 heavy (non-hydrogen) atoms. The van der Waals surface area contributed by atoms with Gasteiger partial charge in [-0.05, 0) is 12.8 Å². The summed E-state index contributed by atoms with van der Waals surface area (Å²) in [4.78, 5) is 5.29. The van der Waals surface area contributed by atoms with Crippen molar-refractivity contribution in [2.45, 2.75) is 20.8 Å². The molecule has 0 fully saturated rings. The van der Waals surface area contributed by atoms with E-state index in [1.807, 2.05) is 6.92 Å². The van der Waals surface area contributed by atoms with Crippen molar-refractivity contribution in [3.05, 3.63) is 11.5 Å². The summed E-state index contributed by atoms with van der Waals surface area (Å²) in [5, 5.41) is 6.98. The van der Waals surface area contributed by atoms with E-state index < -0.39 is 0 Å². The lowest BCUT2D eigenvalue weighted by molar-refractivity contribution is 0.666.